The molecule has 0 heterocycles. The molecule has 2 amide bonds. The number of carboxylic acid groups (broad SMARTS) is 1. The van der Waals surface area contributed by atoms with E-state index < -0.39 is 27.9 Å². The van der Waals surface area contributed by atoms with Gasteiger partial charge in [-0.3, -0.25) is 0 Å². The molecule has 0 aromatic rings. The second-order valence-corrected chi connectivity index (χ2v) is 6.95. The van der Waals surface area contributed by atoms with Crippen LogP contribution < -0.4 is 5.32 Å². The van der Waals surface area contributed by atoms with E-state index in [2.05, 4.69) is 5.32 Å². The molecule has 0 aliphatic rings. The largest absolute Gasteiger partial charge is 0.480 e. The lowest BCUT2D eigenvalue weighted by molar-refractivity contribution is -0.139. The van der Waals surface area contributed by atoms with E-state index in [4.69, 9.17) is 5.11 Å². The average molecular weight is 308 g/mol. The molecule has 0 aliphatic carbocycles. The minimum Gasteiger partial charge on any atom is -0.480 e. The Morgan fingerprint density at radius 3 is 2.30 bits per heavy atom. The van der Waals surface area contributed by atoms with Gasteiger partial charge in [0.15, 0.2) is 0 Å². The van der Waals surface area contributed by atoms with Gasteiger partial charge in [0.1, 0.15) is 15.9 Å². The Hall–Kier alpha value is -1.31. The van der Waals surface area contributed by atoms with Gasteiger partial charge in [0.05, 0.1) is 5.75 Å². The Kier molecular flexibility index (Phi) is 8.21. The van der Waals surface area contributed by atoms with Crippen LogP contribution >= 0.6 is 0 Å². The Morgan fingerprint density at radius 2 is 1.90 bits per heavy atom. The van der Waals surface area contributed by atoms with E-state index in [0.29, 0.717) is 13.1 Å². The van der Waals surface area contributed by atoms with Gasteiger partial charge in [-0.1, -0.05) is 13.3 Å². The molecule has 20 heavy (non-hydrogen) atoms. The molecule has 7 nitrogen and oxygen atoms in total. The van der Waals surface area contributed by atoms with Crippen LogP contribution in [0.15, 0.2) is 0 Å². The first-order chi connectivity index (χ1) is 9.21. The minimum atomic E-state index is -3.26. The zero-order chi connectivity index (χ0) is 15.8. The summed E-state index contributed by atoms with van der Waals surface area (Å²) in [6, 6.07) is -1.66. The number of carboxylic acids is 1. The third kappa shape index (κ3) is 7.98. The highest BCUT2D eigenvalue weighted by molar-refractivity contribution is 7.90. The Balaban J connectivity index is 4.57. The lowest BCUT2D eigenvalue weighted by Gasteiger charge is -2.23. The standard InChI is InChI=1S/C12H24N2O5S/c1-4-6-8-14(5-2)12(17)13-10(11(15)16)7-9-20(3,18)19/h10H,4-9H2,1-3H3,(H,13,17)(H,15,16). The highest BCUT2D eigenvalue weighted by atomic mass is 32.2. The summed E-state index contributed by atoms with van der Waals surface area (Å²) >= 11 is 0. The van der Waals surface area contributed by atoms with Gasteiger partial charge in [0, 0.05) is 19.3 Å². The Labute approximate surface area is 120 Å². The number of nitrogens with zero attached hydrogens (tertiary/aromatic N) is 1. The second-order valence-electron chi connectivity index (χ2n) is 4.69. The van der Waals surface area contributed by atoms with Gasteiger partial charge < -0.3 is 15.3 Å². The number of aliphatic carboxylic acids is 1. The highest BCUT2D eigenvalue weighted by Gasteiger charge is 2.23. The maximum Gasteiger partial charge on any atom is 0.326 e. The number of amides is 2. The summed E-state index contributed by atoms with van der Waals surface area (Å²) < 4.78 is 22.1. The summed E-state index contributed by atoms with van der Waals surface area (Å²) in [6.45, 7) is 4.83. The fraction of sp³-hybridized carbons (Fsp3) is 0.833. The number of nitrogens with one attached hydrogen (secondary N) is 1. The quantitative estimate of drug-likeness (QED) is 0.652. The van der Waals surface area contributed by atoms with Crippen molar-refractivity contribution in [2.24, 2.45) is 0 Å². The van der Waals surface area contributed by atoms with Crippen molar-refractivity contribution in [3.63, 3.8) is 0 Å². The molecule has 0 saturated carbocycles. The number of carbonyl (C=O) groups excluding carboxylic acids is 1. The van der Waals surface area contributed by atoms with Crippen molar-refractivity contribution in [2.45, 2.75) is 39.2 Å². The third-order valence-electron chi connectivity index (χ3n) is 2.82. The van der Waals surface area contributed by atoms with Crippen LogP contribution in [0.4, 0.5) is 4.79 Å². The number of unbranched alkanes of at least 4 members (excludes halogenated alkanes) is 1. The summed E-state index contributed by atoms with van der Waals surface area (Å²) in [5.41, 5.74) is 0. The lowest BCUT2D eigenvalue weighted by atomic mass is 10.2. The van der Waals surface area contributed by atoms with E-state index in [1.165, 1.54) is 4.90 Å². The molecule has 0 radical (unpaired) electrons. The predicted octanol–water partition coefficient (Wildman–Crippen LogP) is 0.706. The van der Waals surface area contributed by atoms with E-state index >= 15 is 0 Å². The van der Waals surface area contributed by atoms with Crippen molar-refractivity contribution in [3.05, 3.63) is 0 Å². The molecule has 0 bridgehead atoms. The van der Waals surface area contributed by atoms with E-state index in [1.807, 2.05) is 13.8 Å². The van der Waals surface area contributed by atoms with E-state index in [-0.39, 0.29) is 12.2 Å². The van der Waals surface area contributed by atoms with Crippen molar-refractivity contribution < 1.29 is 23.1 Å². The van der Waals surface area contributed by atoms with Crippen LogP contribution in [0.5, 0.6) is 0 Å². The SMILES string of the molecule is CCCCN(CC)C(=O)NC(CCS(C)(=O)=O)C(=O)O. The maximum atomic E-state index is 11.9. The maximum absolute atomic E-state index is 11.9. The van der Waals surface area contributed by atoms with Crippen molar-refractivity contribution in [2.75, 3.05) is 25.1 Å². The molecule has 0 saturated heterocycles. The molecular formula is C12H24N2O5S. The number of carbonyl (C=O) groups is 2. The van der Waals surface area contributed by atoms with Crippen molar-refractivity contribution in [3.8, 4) is 0 Å². The number of hydrogen-bond donors (Lipinski definition) is 2. The van der Waals surface area contributed by atoms with Gasteiger partial charge in [-0.05, 0) is 19.8 Å². The molecule has 0 rings (SSSR count). The average Bonchev–Trinajstić information content (AvgIpc) is 2.33. The minimum absolute atomic E-state index is 0.134. The van der Waals surface area contributed by atoms with Crippen LogP contribution in [0, 0.1) is 0 Å². The molecule has 0 aromatic carbocycles. The monoisotopic (exact) mass is 308 g/mol. The molecule has 118 valence electrons. The molecule has 0 fully saturated rings. The Morgan fingerprint density at radius 1 is 1.30 bits per heavy atom. The van der Waals surface area contributed by atoms with Crippen molar-refractivity contribution >= 4 is 21.8 Å². The smallest absolute Gasteiger partial charge is 0.326 e. The van der Waals surface area contributed by atoms with Crippen molar-refractivity contribution in [1.29, 1.82) is 0 Å². The third-order valence-corrected chi connectivity index (χ3v) is 3.80. The first-order valence-corrected chi connectivity index (χ1v) is 8.73. The number of hydrogen-bond acceptors (Lipinski definition) is 4. The number of urea groups is 1. The second kappa shape index (κ2) is 8.78. The van der Waals surface area contributed by atoms with Gasteiger partial charge in [-0.2, -0.15) is 0 Å². The summed E-state index contributed by atoms with van der Waals surface area (Å²) in [7, 11) is -3.26. The summed E-state index contributed by atoms with van der Waals surface area (Å²) in [4.78, 5) is 24.5. The first-order valence-electron chi connectivity index (χ1n) is 6.67. The normalized spacial score (nSPS) is 12.8. The van der Waals surface area contributed by atoms with Gasteiger partial charge in [-0.25, -0.2) is 18.0 Å². The topological polar surface area (TPSA) is 104 Å². The molecule has 2 N–H and O–H groups in total. The molecular weight excluding hydrogens is 284 g/mol. The van der Waals surface area contributed by atoms with Crippen LogP contribution in [0.2, 0.25) is 0 Å². The van der Waals surface area contributed by atoms with Gasteiger partial charge in [0.2, 0.25) is 0 Å². The summed E-state index contributed by atoms with van der Waals surface area (Å²) in [5.74, 6) is -1.50. The zero-order valence-electron chi connectivity index (χ0n) is 12.3. The van der Waals surface area contributed by atoms with Gasteiger partial charge in [-0.15, -0.1) is 0 Å². The van der Waals surface area contributed by atoms with Gasteiger partial charge >= 0.3 is 12.0 Å². The molecule has 0 spiro atoms. The van der Waals surface area contributed by atoms with E-state index in [0.717, 1.165) is 19.1 Å². The van der Waals surface area contributed by atoms with Crippen molar-refractivity contribution in [1.82, 2.24) is 10.2 Å². The van der Waals surface area contributed by atoms with Crippen LogP contribution in [0.3, 0.4) is 0 Å². The van der Waals surface area contributed by atoms with Crippen LogP contribution in [0.1, 0.15) is 33.1 Å². The zero-order valence-corrected chi connectivity index (χ0v) is 13.1. The number of sulfone groups is 1. The Bertz CT molecular complexity index is 422. The fourth-order valence-electron chi connectivity index (χ4n) is 1.58. The molecule has 8 heteroatoms. The van der Waals surface area contributed by atoms with Crippen LogP contribution in [-0.2, 0) is 14.6 Å². The molecule has 0 aliphatic heterocycles. The van der Waals surface area contributed by atoms with Crippen LogP contribution in [-0.4, -0.2) is 61.6 Å². The molecule has 0 aromatic heterocycles. The first kappa shape index (κ1) is 18.7. The summed E-state index contributed by atoms with van der Waals surface area (Å²) in [5, 5.41) is 11.4. The summed E-state index contributed by atoms with van der Waals surface area (Å²) in [6.07, 6.45) is 2.67. The predicted molar refractivity (Wildman–Crippen MR) is 76.4 cm³/mol. The highest BCUT2D eigenvalue weighted by Crippen LogP contribution is 2.01. The lowest BCUT2D eigenvalue weighted by Crippen LogP contribution is -2.48. The number of rotatable bonds is 9. The fourth-order valence-corrected chi connectivity index (χ4v) is 2.25. The molecule has 1 unspecified atom stereocenters. The van der Waals surface area contributed by atoms with Crippen LogP contribution in [0.25, 0.3) is 0 Å². The van der Waals surface area contributed by atoms with E-state index in [1.54, 1.807) is 0 Å². The molecule has 1 atom stereocenters. The van der Waals surface area contributed by atoms with Gasteiger partial charge in [0.25, 0.3) is 0 Å². The van der Waals surface area contributed by atoms with E-state index in [9.17, 15) is 18.0 Å².